The number of ether oxygens (including phenoxy) is 1. The predicted molar refractivity (Wildman–Crippen MR) is 68.0 cm³/mol. The standard InChI is InChI=1S/C14H16O3/c1-2-3-4-11-17-13-8-5-12(6-9-13)7-10-14(15)16/h2,5-10H,1,3-4,11H2,(H,15,16)/b10-7-. The molecule has 1 rings (SSSR count). The molecule has 0 aliphatic rings. The van der Waals surface area contributed by atoms with Crippen LogP contribution in [0.1, 0.15) is 18.4 Å². The first-order chi connectivity index (χ1) is 8.22. The molecule has 0 unspecified atom stereocenters. The van der Waals surface area contributed by atoms with Gasteiger partial charge in [-0.05, 0) is 36.6 Å². The number of rotatable bonds is 7. The first-order valence-corrected chi connectivity index (χ1v) is 5.47. The minimum atomic E-state index is -0.949. The van der Waals surface area contributed by atoms with Crippen molar-refractivity contribution in [3.05, 3.63) is 48.6 Å². The largest absolute Gasteiger partial charge is 0.494 e. The van der Waals surface area contributed by atoms with Gasteiger partial charge in [0, 0.05) is 6.08 Å². The van der Waals surface area contributed by atoms with Gasteiger partial charge in [-0.15, -0.1) is 6.58 Å². The van der Waals surface area contributed by atoms with Crippen LogP contribution in [0.2, 0.25) is 0 Å². The lowest BCUT2D eigenvalue weighted by Gasteiger charge is -2.04. The van der Waals surface area contributed by atoms with E-state index in [1.165, 1.54) is 0 Å². The highest BCUT2D eigenvalue weighted by Gasteiger charge is 1.94. The zero-order valence-corrected chi connectivity index (χ0v) is 9.63. The van der Waals surface area contributed by atoms with E-state index < -0.39 is 5.97 Å². The van der Waals surface area contributed by atoms with E-state index in [2.05, 4.69) is 6.58 Å². The van der Waals surface area contributed by atoms with Crippen molar-refractivity contribution in [1.29, 1.82) is 0 Å². The zero-order chi connectivity index (χ0) is 12.5. The van der Waals surface area contributed by atoms with Crippen LogP contribution in [0.5, 0.6) is 5.75 Å². The van der Waals surface area contributed by atoms with E-state index in [0.717, 1.165) is 30.2 Å². The normalized spacial score (nSPS) is 10.4. The van der Waals surface area contributed by atoms with Gasteiger partial charge in [0.1, 0.15) is 5.75 Å². The molecule has 1 N–H and O–H groups in total. The van der Waals surface area contributed by atoms with E-state index in [1.807, 2.05) is 30.3 Å². The third-order valence-electron chi connectivity index (χ3n) is 2.12. The van der Waals surface area contributed by atoms with Gasteiger partial charge >= 0.3 is 5.97 Å². The summed E-state index contributed by atoms with van der Waals surface area (Å²) < 4.78 is 5.50. The molecule has 0 saturated carbocycles. The van der Waals surface area contributed by atoms with E-state index in [1.54, 1.807) is 6.08 Å². The van der Waals surface area contributed by atoms with E-state index in [-0.39, 0.29) is 0 Å². The molecule has 3 nitrogen and oxygen atoms in total. The Labute approximate surface area is 101 Å². The van der Waals surface area contributed by atoms with Gasteiger partial charge in [-0.1, -0.05) is 18.2 Å². The molecule has 0 amide bonds. The van der Waals surface area contributed by atoms with Crippen molar-refractivity contribution in [3.8, 4) is 5.75 Å². The van der Waals surface area contributed by atoms with Crippen LogP contribution < -0.4 is 4.74 Å². The summed E-state index contributed by atoms with van der Waals surface area (Å²) in [7, 11) is 0. The van der Waals surface area contributed by atoms with Crippen molar-refractivity contribution in [3.63, 3.8) is 0 Å². The number of carboxylic acids is 1. The third-order valence-corrected chi connectivity index (χ3v) is 2.12. The fourth-order valence-corrected chi connectivity index (χ4v) is 1.26. The molecule has 3 heteroatoms. The monoisotopic (exact) mass is 232 g/mol. The van der Waals surface area contributed by atoms with Crippen molar-refractivity contribution in [2.75, 3.05) is 6.61 Å². The molecule has 1 aromatic carbocycles. The molecule has 0 heterocycles. The summed E-state index contributed by atoms with van der Waals surface area (Å²) in [6.45, 7) is 4.30. The second kappa shape index (κ2) is 7.28. The topological polar surface area (TPSA) is 46.5 Å². The van der Waals surface area contributed by atoms with Crippen molar-refractivity contribution < 1.29 is 14.6 Å². The molecule has 0 aliphatic carbocycles. The summed E-state index contributed by atoms with van der Waals surface area (Å²) in [5.74, 6) is -0.156. The SMILES string of the molecule is C=CCCCOc1ccc(/C=C\C(=O)O)cc1. The summed E-state index contributed by atoms with van der Waals surface area (Å²) in [4.78, 5) is 10.3. The molecule has 17 heavy (non-hydrogen) atoms. The second-order valence-corrected chi connectivity index (χ2v) is 3.52. The average Bonchev–Trinajstić information content (AvgIpc) is 2.33. The maximum absolute atomic E-state index is 10.3. The van der Waals surface area contributed by atoms with Crippen molar-refractivity contribution >= 4 is 12.0 Å². The highest BCUT2D eigenvalue weighted by molar-refractivity contribution is 5.85. The molecule has 1 aromatic rings. The Morgan fingerprint density at radius 3 is 2.65 bits per heavy atom. The van der Waals surface area contributed by atoms with Crippen molar-refractivity contribution in [1.82, 2.24) is 0 Å². The van der Waals surface area contributed by atoms with Gasteiger partial charge in [-0.3, -0.25) is 0 Å². The van der Waals surface area contributed by atoms with Gasteiger partial charge in [-0.2, -0.15) is 0 Å². The van der Waals surface area contributed by atoms with Crippen LogP contribution >= 0.6 is 0 Å². The van der Waals surface area contributed by atoms with Gasteiger partial charge in [0.2, 0.25) is 0 Å². The molecule has 0 aromatic heterocycles. The first-order valence-electron chi connectivity index (χ1n) is 5.47. The highest BCUT2D eigenvalue weighted by Crippen LogP contribution is 2.13. The number of hydrogen-bond donors (Lipinski definition) is 1. The average molecular weight is 232 g/mol. The molecular weight excluding hydrogens is 216 g/mol. The quantitative estimate of drug-likeness (QED) is 0.446. The fraction of sp³-hybridized carbons (Fsp3) is 0.214. The summed E-state index contributed by atoms with van der Waals surface area (Å²) in [6.07, 6.45) is 6.41. The number of hydrogen-bond acceptors (Lipinski definition) is 2. The van der Waals surface area contributed by atoms with E-state index in [0.29, 0.717) is 6.61 Å². The molecule has 0 atom stereocenters. The Morgan fingerprint density at radius 2 is 2.06 bits per heavy atom. The number of unbranched alkanes of at least 4 members (excludes halogenated alkanes) is 1. The third kappa shape index (κ3) is 5.56. The molecule has 0 aliphatic heterocycles. The molecule has 0 spiro atoms. The molecule has 0 bridgehead atoms. The van der Waals surface area contributed by atoms with E-state index in [4.69, 9.17) is 9.84 Å². The Morgan fingerprint density at radius 1 is 1.35 bits per heavy atom. The molecule has 0 fully saturated rings. The van der Waals surface area contributed by atoms with Crippen LogP contribution in [0.3, 0.4) is 0 Å². The van der Waals surface area contributed by atoms with Gasteiger partial charge in [0.05, 0.1) is 6.61 Å². The summed E-state index contributed by atoms with van der Waals surface area (Å²) in [6, 6.07) is 7.30. The number of carbonyl (C=O) groups is 1. The van der Waals surface area contributed by atoms with Crippen LogP contribution in [-0.4, -0.2) is 17.7 Å². The molecule has 90 valence electrons. The summed E-state index contributed by atoms with van der Waals surface area (Å²) >= 11 is 0. The Kier molecular flexibility index (Phi) is 5.58. The van der Waals surface area contributed by atoms with Gasteiger partial charge < -0.3 is 9.84 Å². The van der Waals surface area contributed by atoms with Crippen LogP contribution in [-0.2, 0) is 4.79 Å². The number of allylic oxidation sites excluding steroid dienone is 1. The Hall–Kier alpha value is -2.03. The van der Waals surface area contributed by atoms with Gasteiger partial charge in [-0.25, -0.2) is 4.79 Å². The lowest BCUT2D eigenvalue weighted by molar-refractivity contribution is -0.131. The smallest absolute Gasteiger partial charge is 0.328 e. The molecular formula is C14H16O3. The fourth-order valence-electron chi connectivity index (χ4n) is 1.26. The minimum Gasteiger partial charge on any atom is -0.494 e. The van der Waals surface area contributed by atoms with Crippen molar-refractivity contribution in [2.45, 2.75) is 12.8 Å². The Bertz CT molecular complexity index is 390. The number of aliphatic carboxylic acids is 1. The Balaban J connectivity index is 2.44. The van der Waals surface area contributed by atoms with Crippen LogP contribution in [0, 0.1) is 0 Å². The van der Waals surface area contributed by atoms with E-state index in [9.17, 15) is 4.79 Å². The van der Waals surface area contributed by atoms with Crippen molar-refractivity contribution in [2.24, 2.45) is 0 Å². The lowest BCUT2D eigenvalue weighted by atomic mass is 10.2. The van der Waals surface area contributed by atoms with Crippen LogP contribution in [0.15, 0.2) is 43.0 Å². The van der Waals surface area contributed by atoms with Gasteiger partial charge in [0.15, 0.2) is 0 Å². The predicted octanol–water partition coefficient (Wildman–Crippen LogP) is 3.13. The summed E-state index contributed by atoms with van der Waals surface area (Å²) in [5.41, 5.74) is 0.839. The second-order valence-electron chi connectivity index (χ2n) is 3.52. The zero-order valence-electron chi connectivity index (χ0n) is 9.63. The number of carboxylic acid groups (broad SMARTS) is 1. The maximum Gasteiger partial charge on any atom is 0.328 e. The number of benzene rings is 1. The minimum absolute atomic E-state index is 0.663. The van der Waals surface area contributed by atoms with Crippen LogP contribution in [0.25, 0.3) is 6.08 Å². The summed E-state index contributed by atoms with van der Waals surface area (Å²) in [5, 5.41) is 8.48. The van der Waals surface area contributed by atoms with Crippen LogP contribution in [0.4, 0.5) is 0 Å². The molecule has 0 radical (unpaired) electrons. The lowest BCUT2D eigenvalue weighted by Crippen LogP contribution is -1.96. The molecule has 0 saturated heterocycles. The first kappa shape index (κ1) is 13.0. The maximum atomic E-state index is 10.3. The van der Waals surface area contributed by atoms with E-state index >= 15 is 0 Å². The highest BCUT2D eigenvalue weighted by atomic mass is 16.5. The van der Waals surface area contributed by atoms with Gasteiger partial charge in [0.25, 0.3) is 0 Å².